The number of amides is 2. The van der Waals surface area contributed by atoms with Crippen molar-refractivity contribution < 1.29 is 9.59 Å². The fraction of sp³-hybridized carbons (Fsp3) is 0.441. The number of aryl methyl sites for hydroxylation is 2. The Bertz CT molecular complexity index is 1450. The monoisotopic (exact) mass is 619 g/mol. The maximum Gasteiger partial charge on any atom is 0.254 e. The lowest BCUT2D eigenvalue weighted by molar-refractivity contribution is -0.135. The van der Waals surface area contributed by atoms with Gasteiger partial charge in [0.15, 0.2) is 0 Å². The first kappa shape index (κ1) is 30.1. The summed E-state index contributed by atoms with van der Waals surface area (Å²) in [5.74, 6) is 0.0234. The molecule has 0 aliphatic carbocycles. The molecule has 3 fully saturated rings. The van der Waals surface area contributed by atoms with E-state index in [0.29, 0.717) is 53.4 Å². The molecule has 2 aromatic carbocycles. The Labute approximate surface area is 264 Å². The molecule has 3 aromatic rings. The third-order valence-corrected chi connectivity index (χ3v) is 10.0. The summed E-state index contributed by atoms with van der Waals surface area (Å²) in [6.45, 7) is 6.54. The molecule has 7 nitrogen and oxygen atoms in total. The second-order valence-corrected chi connectivity index (χ2v) is 13.2. The highest BCUT2D eigenvalue weighted by Gasteiger charge is 2.41. The van der Waals surface area contributed by atoms with E-state index < -0.39 is 0 Å². The summed E-state index contributed by atoms with van der Waals surface area (Å²) in [5, 5.41) is 4.52. The molecule has 0 spiro atoms. The number of nitrogens with one attached hydrogen (secondary N) is 1. The van der Waals surface area contributed by atoms with Gasteiger partial charge in [0, 0.05) is 62.3 Å². The number of hydrogen-bond donors (Lipinski definition) is 1. The van der Waals surface area contributed by atoms with Crippen molar-refractivity contribution in [1.82, 2.24) is 25.0 Å². The van der Waals surface area contributed by atoms with Crippen LogP contribution in [0.1, 0.15) is 64.3 Å². The van der Waals surface area contributed by atoms with Crippen molar-refractivity contribution in [2.45, 2.75) is 70.2 Å². The molecule has 3 saturated heterocycles. The van der Waals surface area contributed by atoms with E-state index in [9.17, 15) is 9.59 Å². The number of piperidine rings is 1. The average Bonchev–Trinajstić information content (AvgIpc) is 3.22. The molecule has 1 aromatic heterocycles. The summed E-state index contributed by atoms with van der Waals surface area (Å²) in [4.78, 5) is 38.0. The lowest BCUT2D eigenvalue weighted by Gasteiger charge is -2.43. The van der Waals surface area contributed by atoms with Gasteiger partial charge in [0.25, 0.3) is 5.91 Å². The molecule has 0 radical (unpaired) electrons. The first-order chi connectivity index (χ1) is 20.7. The molecule has 2 amide bonds. The van der Waals surface area contributed by atoms with Crippen LogP contribution in [0.3, 0.4) is 0 Å². The van der Waals surface area contributed by atoms with Crippen LogP contribution in [0.25, 0.3) is 0 Å². The van der Waals surface area contributed by atoms with Crippen LogP contribution < -0.4 is 5.32 Å². The van der Waals surface area contributed by atoms with Gasteiger partial charge >= 0.3 is 0 Å². The van der Waals surface area contributed by atoms with Crippen molar-refractivity contribution >= 4 is 35.0 Å². The van der Waals surface area contributed by atoms with Crippen molar-refractivity contribution in [2.24, 2.45) is 0 Å². The van der Waals surface area contributed by atoms with E-state index in [2.05, 4.69) is 27.3 Å². The van der Waals surface area contributed by atoms with Crippen molar-refractivity contribution in [3.8, 4) is 0 Å². The summed E-state index contributed by atoms with van der Waals surface area (Å²) in [6, 6.07) is 16.6. The van der Waals surface area contributed by atoms with E-state index >= 15 is 0 Å². The van der Waals surface area contributed by atoms with E-state index in [0.717, 1.165) is 36.1 Å². The molecule has 0 saturated carbocycles. The molecule has 1 unspecified atom stereocenters. The molecule has 226 valence electrons. The summed E-state index contributed by atoms with van der Waals surface area (Å²) in [7, 11) is 0. The lowest BCUT2D eigenvalue weighted by Crippen LogP contribution is -2.55. The van der Waals surface area contributed by atoms with E-state index in [1.54, 1.807) is 6.07 Å². The van der Waals surface area contributed by atoms with Crippen molar-refractivity contribution in [2.75, 3.05) is 26.2 Å². The molecule has 1 N–H and O–H groups in total. The highest BCUT2D eigenvalue weighted by molar-refractivity contribution is 6.42. The number of fused-ring (bicyclic) bond motifs is 2. The molecule has 4 heterocycles. The zero-order chi connectivity index (χ0) is 30.1. The van der Waals surface area contributed by atoms with Crippen LogP contribution in [0.2, 0.25) is 10.0 Å². The topological polar surface area (TPSA) is 68.8 Å². The second-order valence-electron chi connectivity index (χ2n) is 12.4. The fourth-order valence-corrected chi connectivity index (χ4v) is 7.59. The first-order valence-electron chi connectivity index (χ1n) is 15.2. The first-order valence-corrected chi connectivity index (χ1v) is 16.0. The Morgan fingerprint density at radius 2 is 1.70 bits per heavy atom. The molecule has 3 aliphatic heterocycles. The van der Waals surface area contributed by atoms with Crippen LogP contribution in [-0.2, 0) is 11.3 Å². The van der Waals surface area contributed by atoms with Gasteiger partial charge in [-0.2, -0.15) is 0 Å². The van der Waals surface area contributed by atoms with E-state index in [-0.39, 0.29) is 24.4 Å². The van der Waals surface area contributed by atoms with Crippen molar-refractivity contribution in [1.29, 1.82) is 0 Å². The standard InChI is InChI=1S/C34H39Cl2N5O2/c1-22-12-23(2)14-26(13-22)34(43)39-10-11-40(32(21-39)25-5-8-30(35)31(36)15-25)33(42)19-38-27-16-28-6-7-29(17-27)41(28)20-24-4-3-9-37-18-24/h3-5,8-9,12-15,18,27-29,32,38H,6-7,10-11,16-17,19-21H2,1-2H3/t27?,28-,29+,32-/m0/s1. The number of rotatable bonds is 7. The van der Waals surface area contributed by atoms with Crippen LogP contribution in [0.4, 0.5) is 0 Å². The van der Waals surface area contributed by atoms with Gasteiger partial charge in [0.05, 0.1) is 22.6 Å². The van der Waals surface area contributed by atoms with Gasteiger partial charge in [0.2, 0.25) is 5.91 Å². The molecule has 43 heavy (non-hydrogen) atoms. The predicted molar refractivity (Wildman–Crippen MR) is 170 cm³/mol. The molecule has 9 heteroatoms. The van der Waals surface area contributed by atoms with Crippen molar-refractivity contribution in [3.05, 3.63) is 98.8 Å². The van der Waals surface area contributed by atoms with Crippen LogP contribution in [0, 0.1) is 13.8 Å². The lowest BCUT2D eigenvalue weighted by atomic mass is 9.96. The van der Waals surface area contributed by atoms with Crippen LogP contribution in [0.5, 0.6) is 0 Å². The fourth-order valence-electron chi connectivity index (χ4n) is 7.29. The summed E-state index contributed by atoms with van der Waals surface area (Å²) < 4.78 is 0. The zero-order valence-corrected chi connectivity index (χ0v) is 26.3. The number of carbonyl (C=O) groups excluding carboxylic acids is 2. The SMILES string of the molecule is Cc1cc(C)cc(C(=O)N2CCN(C(=O)CNC3C[C@H]4CC[C@@H](C3)N4Cc3cccnc3)[C@H](c3ccc(Cl)c(Cl)c3)C2)c1. The van der Waals surface area contributed by atoms with Gasteiger partial charge in [-0.3, -0.25) is 19.5 Å². The van der Waals surface area contributed by atoms with E-state index in [1.165, 1.54) is 18.4 Å². The molecule has 3 aliphatic rings. The zero-order valence-electron chi connectivity index (χ0n) is 24.8. The average molecular weight is 621 g/mol. The highest BCUT2D eigenvalue weighted by Crippen LogP contribution is 2.37. The van der Waals surface area contributed by atoms with Gasteiger partial charge in [-0.05, 0) is 81.0 Å². The van der Waals surface area contributed by atoms with Crippen LogP contribution >= 0.6 is 23.2 Å². The molecule has 2 bridgehead atoms. The Morgan fingerprint density at radius 1 is 0.953 bits per heavy atom. The van der Waals surface area contributed by atoms with Gasteiger partial charge in [-0.15, -0.1) is 0 Å². The van der Waals surface area contributed by atoms with E-state index in [1.807, 2.05) is 66.4 Å². The summed E-state index contributed by atoms with van der Waals surface area (Å²) >= 11 is 12.6. The summed E-state index contributed by atoms with van der Waals surface area (Å²) in [5.41, 5.74) is 4.92. The van der Waals surface area contributed by atoms with Gasteiger partial charge < -0.3 is 15.1 Å². The maximum absolute atomic E-state index is 13.8. The van der Waals surface area contributed by atoms with Crippen LogP contribution in [-0.4, -0.2) is 75.8 Å². The molecular formula is C34H39Cl2N5O2. The summed E-state index contributed by atoms with van der Waals surface area (Å²) in [6.07, 6.45) is 8.26. The predicted octanol–water partition coefficient (Wildman–Crippen LogP) is 5.82. The third kappa shape index (κ3) is 6.75. The van der Waals surface area contributed by atoms with Crippen LogP contribution in [0.15, 0.2) is 60.9 Å². The number of hydrogen-bond acceptors (Lipinski definition) is 5. The number of aromatic nitrogens is 1. The van der Waals surface area contributed by atoms with Gasteiger partial charge in [-0.1, -0.05) is 52.5 Å². The third-order valence-electron chi connectivity index (χ3n) is 9.30. The quantitative estimate of drug-likeness (QED) is 0.361. The Kier molecular flexibility index (Phi) is 9.05. The Hall–Kier alpha value is -2.97. The van der Waals surface area contributed by atoms with E-state index in [4.69, 9.17) is 23.2 Å². The van der Waals surface area contributed by atoms with Gasteiger partial charge in [0.1, 0.15) is 0 Å². The van der Waals surface area contributed by atoms with Gasteiger partial charge in [-0.25, -0.2) is 0 Å². The number of pyridine rings is 1. The number of piperazine rings is 1. The number of halogens is 2. The Balaban J connectivity index is 1.12. The van der Waals surface area contributed by atoms with Crippen molar-refractivity contribution in [3.63, 3.8) is 0 Å². The molecule has 4 atom stereocenters. The molecular weight excluding hydrogens is 581 g/mol. The number of nitrogens with zero attached hydrogens (tertiary/aromatic N) is 4. The minimum absolute atomic E-state index is 0.0180. The normalized spacial score (nSPS) is 23.9. The largest absolute Gasteiger partial charge is 0.334 e. The minimum atomic E-state index is -0.315. The number of carbonyl (C=O) groups is 2. The molecule has 6 rings (SSSR count). The second kappa shape index (κ2) is 12.9. The highest BCUT2D eigenvalue weighted by atomic mass is 35.5. The Morgan fingerprint density at radius 3 is 2.37 bits per heavy atom. The minimum Gasteiger partial charge on any atom is -0.334 e. The smallest absolute Gasteiger partial charge is 0.254 e. The number of benzene rings is 2. The maximum atomic E-state index is 13.8.